The van der Waals surface area contributed by atoms with E-state index < -0.39 is 0 Å². The minimum absolute atomic E-state index is 0. The lowest BCUT2D eigenvalue weighted by Gasteiger charge is -2.26. The Morgan fingerprint density at radius 3 is 3.00 bits per heavy atom. The number of furan rings is 1. The van der Waals surface area contributed by atoms with Gasteiger partial charge in [-0.3, -0.25) is 9.89 Å². The standard InChI is InChI=1S/C22H35N7O.HI/c1-3-20-26-21-10-9-17(16-29(21)27-20)25-22(23-12-11-19-8-6-14-30-19)24-15-18-7-5-13-28(18)4-2;/h6,8,14,17-18H,3-5,7,9-13,15-16H2,1-2H3,(H2,23,24,25);1H. The summed E-state index contributed by atoms with van der Waals surface area (Å²) in [6.45, 7) is 9.12. The average molecular weight is 541 g/mol. The highest BCUT2D eigenvalue weighted by Crippen LogP contribution is 2.17. The maximum atomic E-state index is 5.46. The third-order valence-electron chi connectivity index (χ3n) is 6.17. The van der Waals surface area contributed by atoms with Gasteiger partial charge in [0.25, 0.3) is 0 Å². The van der Waals surface area contributed by atoms with Crippen molar-refractivity contribution < 1.29 is 4.42 Å². The van der Waals surface area contributed by atoms with Crippen molar-refractivity contribution in [3.8, 4) is 0 Å². The lowest BCUT2D eigenvalue weighted by molar-refractivity contribution is 0.272. The molecule has 31 heavy (non-hydrogen) atoms. The Kier molecular flexibility index (Phi) is 9.18. The molecule has 9 heteroatoms. The molecule has 2 N–H and O–H groups in total. The van der Waals surface area contributed by atoms with Crippen molar-refractivity contribution in [2.24, 2.45) is 4.99 Å². The molecule has 0 aliphatic carbocycles. The molecule has 0 saturated carbocycles. The number of aryl methyl sites for hydroxylation is 2. The molecule has 0 radical (unpaired) electrons. The van der Waals surface area contributed by atoms with Crippen LogP contribution in [0.4, 0.5) is 0 Å². The summed E-state index contributed by atoms with van der Waals surface area (Å²) in [6.07, 6.45) is 7.97. The van der Waals surface area contributed by atoms with Gasteiger partial charge in [0, 0.05) is 37.9 Å². The van der Waals surface area contributed by atoms with E-state index in [1.54, 1.807) is 6.26 Å². The van der Waals surface area contributed by atoms with E-state index in [0.717, 1.165) is 75.2 Å². The maximum absolute atomic E-state index is 5.46. The fourth-order valence-corrected chi connectivity index (χ4v) is 4.45. The minimum Gasteiger partial charge on any atom is -0.469 e. The molecule has 4 heterocycles. The summed E-state index contributed by atoms with van der Waals surface area (Å²) in [4.78, 5) is 12.1. The van der Waals surface area contributed by atoms with Crippen LogP contribution in [0.2, 0.25) is 0 Å². The van der Waals surface area contributed by atoms with Gasteiger partial charge in [0.1, 0.15) is 11.6 Å². The van der Waals surface area contributed by atoms with Crippen molar-refractivity contribution in [2.75, 3.05) is 26.2 Å². The van der Waals surface area contributed by atoms with E-state index in [0.29, 0.717) is 12.1 Å². The number of likely N-dealkylation sites (tertiary alicyclic amines) is 1. The molecule has 1 saturated heterocycles. The van der Waals surface area contributed by atoms with Gasteiger partial charge >= 0.3 is 0 Å². The third kappa shape index (κ3) is 6.44. The van der Waals surface area contributed by atoms with Gasteiger partial charge in [-0.05, 0) is 44.5 Å². The SMILES string of the molecule is CCc1nc2n(n1)CC(NC(=NCC1CCCN1CC)NCCc1ccco1)CC2.I. The van der Waals surface area contributed by atoms with Crippen LogP contribution >= 0.6 is 24.0 Å². The summed E-state index contributed by atoms with van der Waals surface area (Å²) in [7, 11) is 0. The Labute approximate surface area is 202 Å². The normalized spacial score (nSPS) is 21.5. The number of likely N-dealkylation sites (N-methyl/N-ethyl adjacent to an activating group) is 1. The van der Waals surface area contributed by atoms with Crippen LogP contribution < -0.4 is 10.6 Å². The van der Waals surface area contributed by atoms with Crippen LogP contribution in [0.5, 0.6) is 0 Å². The van der Waals surface area contributed by atoms with E-state index in [9.17, 15) is 0 Å². The average Bonchev–Trinajstić information content (AvgIpc) is 3.51. The molecular formula is C22H36IN7O. The molecule has 1 fully saturated rings. The van der Waals surface area contributed by atoms with Crippen molar-refractivity contribution in [1.82, 2.24) is 30.3 Å². The second kappa shape index (κ2) is 11.8. The molecule has 2 aromatic heterocycles. The van der Waals surface area contributed by atoms with Crippen molar-refractivity contribution in [3.05, 3.63) is 35.8 Å². The summed E-state index contributed by atoms with van der Waals surface area (Å²) in [5.74, 6) is 3.94. The van der Waals surface area contributed by atoms with Crippen molar-refractivity contribution in [2.45, 2.75) is 71.0 Å². The first kappa shape index (κ1) is 24.0. The maximum Gasteiger partial charge on any atom is 0.191 e. The zero-order chi connectivity index (χ0) is 20.8. The Balaban J connectivity index is 0.00000272. The van der Waals surface area contributed by atoms with Crippen LogP contribution in [0.15, 0.2) is 27.8 Å². The van der Waals surface area contributed by atoms with Crippen LogP contribution in [0.3, 0.4) is 0 Å². The smallest absolute Gasteiger partial charge is 0.191 e. The number of hydrogen-bond donors (Lipinski definition) is 2. The number of nitrogens with zero attached hydrogens (tertiary/aromatic N) is 5. The molecule has 0 spiro atoms. The highest BCUT2D eigenvalue weighted by molar-refractivity contribution is 14.0. The van der Waals surface area contributed by atoms with E-state index in [4.69, 9.17) is 9.41 Å². The van der Waals surface area contributed by atoms with Crippen LogP contribution in [0.1, 0.15) is 50.5 Å². The van der Waals surface area contributed by atoms with Crippen molar-refractivity contribution >= 4 is 29.9 Å². The van der Waals surface area contributed by atoms with Gasteiger partial charge in [-0.1, -0.05) is 13.8 Å². The molecule has 8 nitrogen and oxygen atoms in total. The van der Waals surface area contributed by atoms with E-state index >= 15 is 0 Å². The summed E-state index contributed by atoms with van der Waals surface area (Å²) >= 11 is 0. The number of fused-ring (bicyclic) bond motifs is 1. The van der Waals surface area contributed by atoms with Gasteiger partial charge < -0.3 is 15.1 Å². The second-order valence-corrected chi connectivity index (χ2v) is 8.23. The fourth-order valence-electron chi connectivity index (χ4n) is 4.45. The van der Waals surface area contributed by atoms with Crippen molar-refractivity contribution in [1.29, 1.82) is 0 Å². The van der Waals surface area contributed by atoms with Gasteiger partial charge in [0.2, 0.25) is 0 Å². The summed E-state index contributed by atoms with van der Waals surface area (Å²) in [6, 6.07) is 4.82. The molecule has 4 rings (SSSR count). The minimum atomic E-state index is 0. The Bertz CT molecular complexity index is 820. The topological polar surface area (TPSA) is 83.5 Å². The first-order valence-electron chi connectivity index (χ1n) is 11.5. The molecular weight excluding hydrogens is 505 g/mol. The number of hydrogen-bond acceptors (Lipinski definition) is 5. The zero-order valence-corrected chi connectivity index (χ0v) is 21.0. The fraction of sp³-hybridized carbons (Fsp3) is 0.682. The third-order valence-corrected chi connectivity index (χ3v) is 6.17. The number of nitrogens with one attached hydrogen (secondary N) is 2. The Hall–Kier alpha value is -1.62. The lowest BCUT2D eigenvalue weighted by Crippen LogP contribution is -2.48. The molecule has 2 aliphatic rings. The van der Waals surface area contributed by atoms with E-state index in [1.165, 1.54) is 19.4 Å². The molecule has 2 atom stereocenters. The highest BCUT2D eigenvalue weighted by atomic mass is 127. The summed E-state index contributed by atoms with van der Waals surface area (Å²) in [5.41, 5.74) is 0. The van der Waals surface area contributed by atoms with Crippen LogP contribution in [-0.2, 0) is 25.8 Å². The van der Waals surface area contributed by atoms with Gasteiger partial charge in [-0.25, -0.2) is 9.67 Å². The first-order chi connectivity index (χ1) is 14.7. The largest absolute Gasteiger partial charge is 0.469 e. The molecule has 2 aromatic rings. The molecule has 2 aliphatic heterocycles. The van der Waals surface area contributed by atoms with Gasteiger partial charge in [0.05, 0.1) is 19.4 Å². The molecule has 172 valence electrons. The summed E-state index contributed by atoms with van der Waals surface area (Å²) < 4.78 is 7.53. The lowest BCUT2D eigenvalue weighted by atomic mass is 10.1. The van der Waals surface area contributed by atoms with Gasteiger partial charge in [-0.2, -0.15) is 5.10 Å². The monoisotopic (exact) mass is 541 g/mol. The predicted octanol–water partition coefficient (Wildman–Crippen LogP) is 2.63. The van der Waals surface area contributed by atoms with E-state index in [-0.39, 0.29) is 24.0 Å². The molecule has 0 bridgehead atoms. The predicted molar refractivity (Wildman–Crippen MR) is 133 cm³/mol. The molecule has 0 amide bonds. The number of aromatic nitrogens is 3. The quantitative estimate of drug-likeness (QED) is 0.304. The van der Waals surface area contributed by atoms with Crippen LogP contribution in [0.25, 0.3) is 0 Å². The number of rotatable bonds is 8. The second-order valence-electron chi connectivity index (χ2n) is 8.23. The number of halogens is 1. The number of aliphatic imine (C=N–C) groups is 1. The van der Waals surface area contributed by atoms with Gasteiger partial charge in [0.15, 0.2) is 11.8 Å². The Morgan fingerprint density at radius 1 is 1.32 bits per heavy atom. The molecule has 0 aromatic carbocycles. The number of guanidine groups is 1. The zero-order valence-electron chi connectivity index (χ0n) is 18.7. The first-order valence-corrected chi connectivity index (χ1v) is 11.5. The van der Waals surface area contributed by atoms with Gasteiger partial charge in [-0.15, -0.1) is 24.0 Å². The Morgan fingerprint density at radius 2 is 2.23 bits per heavy atom. The van der Waals surface area contributed by atoms with Crippen LogP contribution in [0, 0.1) is 0 Å². The van der Waals surface area contributed by atoms with E-state index in [1.807, 2.05) is 12.1 Å². The highest BCUT2D eigenvalue weighted by Gasteiger charge is 2.24. The van der Waals surface area contributed by atoms with Crippen LogP contribution in [-0.4, -0.2) is 63.9 Å². The summed E-state index contributed by atoms with van der Waals surface area (Å²) in [5, 5.41) is 11.8. The van der Waals surface area contributed by atoms with E-state index in [2.05, 4.69) is 44.1 Å². The molecule has 2 unspecified atom stereocenters. The van der Waals surface area contributed by atoms with Crippen molar-refractivity contribution in [3.63, 3.8) is 0 Å².